The second-order valence-corrected chi connectivity index (χ2v) is 3.63. The zero-order valence-electron chi connectivity index (χ0n) is 7.82. The Balaban J connectivity index is 2.97. The first kappa shape index (κ1) is 10.4. The summed E-state index contributed by atoms with van der Waals surface area (Å²) < 4.78 is 0. The molecule has 0 fully saturated rings. The van der Waals surface area contributed by atoms with Gasteiger partial charge in [0.15, 0.2) is 0 Å². The molecule has 0 radical (unpaired) electrons. The molecule has 3 heteroatoms. The summed E-state index contributed by atoms with van der Waals surface area (Å²) >= 11 is 0. The van der Waals surface area contributed by atoms with Crippen LogP contribution in [0.1, 0.15) is 19.8 Å². The van der Waals surface area contributed by atoms with Crippen LogP contribution >= 0.6 is 0 Å². The molecule has 3 N–H and O–H groups in total. The van der Waals surface area contributed by atoms with E-state index >= 15 is 0 Å². The van der Waals surface area contributed by atoms with E-state index in [0.717, 1.165) is 12.0 Å². The molecule has 0 heterocycles. The lowest BCUT2D eigenvalue weighted by atomic mass is 9.80. The number of aliphatic hydroxyl groups excluding tert-OH is 2. The van der Waals surface area contributed by atoms with Crippen LogP contribution in [0.15, 0.2) is 23.8 Å². The van der Waals surface area contributed by atoms with E-state index in [1.165, 1.54) is 0 Å². The molecule has 1 aliphatic rings. The highest BCUT2D eigenvalue weighted by Crippen LogP contribution is 2.31. The van der Waals surface area contributed by atoms with Gasteiger partial charge in [-0.25, -0.2) is 0 Å². The van der Waals surface area contributed by atoms with Crippen LogP contribution < -0.4 is 0 Å². The monoisotopic (exact) mass is 184 g/mol. The fourth-order valence-electron chi connectivity index (χ4n) is 1.59. The summed E-state index contributed by atoms with van der Waals surface area (Å²) in [6, 6.07) is 0. The largest absolute Gasteiger partial charge is 0.392 e. The smallest absolute Gasteiger partial charge is 0.132 e. The highest BCUT2D eigenvalue weighted by molar-refractivity contribution is 5.30. The Morgan fingerprint density at radius 2 is 2.38 bits per heavy atom. The van der Waals surface area contributed by atoms with Gasteiger partial charge in [0.2, 0.25) is 0 Å². The van der Waals surface area contributed by atoms with Gasteiger partial charge in [-0.3, -0.25) is 0 Å². The molecule has 0 aromatic carbocycles. The van der Waals surface area contributed by atoms with Crippen molar-refractivity contribution in [3.63, 3.8) is 0 Å². The fourth-order valence-corrected chi connectivity index (χ4v) is 1.59. The van der Waals surface area contributed by atoms with Crippen molar-refractivity contribution in [1.29, 1.82) is 0 Å². The van der Waals surface area contributed by atoms with Gasteiger partial charge in [0.1, 0.15) is 5.60 Å². The average molecular weight is 184 g/mol. The third-order valence-corrected chi connectivity index (χ3v) is 2.54. The van der Waals surface area contributed by atoms with E-state index in [2.05, 4.69) is 6.58 Å². The second kappa shape index (κ2) is 3.62. The van der Waals surface area contributed by atoms with Crippen molar-refractivity contribution < 1.29 is 15.3 Å². The first-order valence-corrected chi connectivity index (χ1v) is 4.38. The SMILES string of the molecule is C=C(CO)C1(O)C=C(C)CCC1O. The maximum absolute atomic E-state index is 9.99. The maximum Gasteiger partial charge on any atom is 0.132 e. The maximum atomic E-state index is 9.99. The van der Waals surface area contributed by atoms with Crippen LogP contribution in [0.25, 0.3) is 0 Å². The first-order chi connectivity index (χ1) is 6.00. The van der Waals surface area contributed by atoms with Crippen molar-refractivity contribution in [2.24, 2.45) is 0 Å². The standard InChI is InChI=1S/C10H16O3/c1-7-3-4-9(12)10(13,5-7)8(2)6-11/h5,9,11-13H,2-4,6H2,1H3. The molecule has 0 amide bonds. The molecule has 1 aliphatic carbocycles. The Bertz CT molecular complexity index is 245. The number of hydrogen-bond acceptors (Lipinski definition) is 3. The van der Waals surface area contributed by atoms with Crippen molar-refractivity contribution >= 4 is 0 Å². The number of aliphatic hydroxyl groups is 3. The number of rotatable bonds is 2. The second-order valence-electron chi connectivity index (χ2n) is 3.63. The molecule has 74 valence electrons. The molecular weight excluding hydrogens is 168 g/mol. The summed E-state index contributed by atoms with van der Waals surface area (Å²) in [6.07, 6.45) is 2.02. The van der Waals surface area contributed by atoms with Crippen LogP contribution in [0.2, 0.25) is 0 Å². The summed E-state index contributed by atoms with van der Waals surface area (Å²) in [5, 5.41) is 28.4. The Kier molecular flexibility index (Phi) is 2.91. The molecule has 0 spiro atoms. The molecule has 0 bridgehead atoms. The molecule has 2 unspecified atom stereocenters. The van der Waals surface area contributed by atoms with E-state index < -0.39 is 11.7 Å². The van der Waals surface area contributed by atoms with Gasteiger partial charge in [-0.2, -0.15) is 0 Å². The molecule has 1 rings (SSSR count). The Labute approximate surface area is 78.0 Å². The van der Waals surface area contributed by atoms with Gasteiger partial charge < -0.3 is 15.3 Å². The van der Waals surface area contributed by atoms with E-state index in [9.17, 15) is 10.2 Å². The lowest BCUT2D eigenvalue weighted by molar-refractivity contribution is -0.0284. The zero-order chi connectivity index (χ0) is 10.1. The van der Waals surface area contributed by atoms with Crippen molar-refractivity contribution in [1.82, 2.24) is 0 Å². The van der Waals surface area contributed by atoms with Gasteiger partial charge in [-0.05, 0) is 31.4 Å². The first-order valence-electron chi connectivity index (χ1n) is 4.38. The van der Waals surface area contributed by atoms with Crippen LogP contribution in [0.3, 0.4) is 0 Å². The van der Waals surface area contributed by atoms with Crippen LogP contribution in [0.4, 0.5) is 0 Å². The third kappa shape index (κ3) is 1.82. The van der Waals surface area contributed by atoms with Crippen molar-refractivity contribution in [3.05, 3.63) is 23.8 Å². The summed E-state index contributed by atoms with van der Waals surface area (Å²) in [5.41, 5.74) is -0.168. The lowest BCUT2D eigenvalue weighted by Gasteiger charge is -2.35. The van der Waals surface area contributed by atoms with E-state index in [1.807, 2.05) is 6.92 Å². The van der Waals surface area contributed by atoms with E-state index in [-0.39, 0.29) is 12.2 Å². The molecule has 0 saturated heterocycles. The highest BCUT2D eigenvalue weighted by atomic mass is 16.3. The van der Waals surface area contributed by atoms with Gasteiger partial charge in [-0.15, -0.1) is 0 Å². The average Bonchev–Trinajstić information content (AvgIpc) is 2.10. The van der Waals surface area contributed by atoms with Gasteiger partial charge in [0.25, 0.3) is 0 Å². The minimum absolute atomic E-state index is 0.249. The van der Waals surface area contributed by atoms with E-state index in [0.29, 0.717) is 6.42 Å². The van der Waals surface area contributed by atoms with Gasteiger partial charge >= 0.3 is 0 Å². The normalized spacial score (nSPS) is 34.2. The van der Waals surface area contributed by atoms with Crippen molar-refractivity contribution in [3.8, 4) is 0 Å². The molecule has 13 heavy (non-hydrogen) atoms. The minimum Gasteiger partial charge on any atom is -0.392 e. The number of hydrogen-bond donors (Lipinski definition) is 3. The molecule has 0 aromatic rings. The van der Waals surface area contributed by atoms with Crippen molar-refractivity contribution in [2.75, 3.05) is 6.61 Å². The Hall–Kier alpha value is -0.640. The van der Waals surface area contributed by atoms with Crippen LogP contribution in [0, 0.1) is 0 Å². The fraction of sp³-hybridized carbons (Fsp3) is 0.600. The van der Waals surface area contributed by atoms with Gasteiger partial charge in [0.05, 0.1) is 12.7 Å². The topological polar surface area (TPSA) is 60.7 Å². The lowest BCUT2D eigenvalue weighted by Crippen LogP contribution is -2.45. The summed E-state index contributed by atoms with van der Waals surface area (Å²) in [5.74, 6) is 0. The predicted octanol–water partition coefficient (Wildman–Crippen LogP) is 0.367. The van der Waals surface area contributed by atoms with Crippen LogP contribution in [-0.2, 0) is 0 Å². The summed E-state index contributed by atoms with van der Waals surface area (Å²) in [6.45, 7) is 5.13. The van der Waals surface area contributed by atoms with Gasteiger partial charge in [0, 0.05) is 0 Å². The van der Waals surface area contributed by atoms with Crippen LogP contribution in [0.5, 0.6) is 0 Å². The number of allylic oxidation sites excluding steroid dienone is 1. The molecule has 0 saturated carbocycles. The quantitative estimate of drug-likeness (QED) is 0.543. The Morgan fingerprint density at radius 1 is 1.77 bits per heavy atom. The third-order valence-electron chi connectivity index (χ3n) is 2.54. The van der Waals surface area contributed by atoms with Crippen molar-refractivity contribution in [2.45, 2.75) is 31.5 Å². The molecule has 0 aliphatic heterocycles. The molecule has 3 nitrogen and oxygen atoms in total. The van der Waals surface area contributed by atoms with E-state index in [4.69, 9.17) is 5.11 Å². The zero-order valence-corrected chi connectivity index (χ0v) is 7.82. The Morgan fingerprint density at radius 3 is 2.92 bits per heavy atom. The molecular formula is C10H16O3. The molecule has 0 aromatic heterocycles. The molecule has 2 atom stereocenters. The van der Waals surface area contributed by atoms with Crippen LogP contribution in [-0.4, -0.2) is 33.6 Å². The minimum atomic E-state index is -1.43. The van der Waals surface area contributed by atoms with Gasteiger partial charge in [-0.1, -0.05) is 12.2 Å². The van der Waals surface area contributed by atoms with E-state index in [1.54, 1.807) is 6.08 Å². The summed E-state index contributed by atoms with van der Waals surface area (Å²) in [4.78, 5) is 0. The predicted molar refractivity (Wildman–Crippen MR) is 50.2 cm³/mol. The highest BCUT2D eigenvalue weighted by Gasteiger charge is 2.38. The summed E-state index contributed by atoms with van der Waals surface area (Å²) in [7, 11) is 0.